The van der Waals surface area contributed by atoms with Crippen LogP contribution >= 0.6 is 23.5 Å². The largest absolute Gasteiger partial charge is 0.466 e. The van der Waals surface area contributed by atoms with Crippen molar-refractivity contribution in [1.29, 1.82) is 0 Å². The van der Waals surface area contributed by atoms with E-state index in [0.717, 1.165) is 16.8 Å². The predicted octanol–water partition coefficient (Wildman–Crippen LogP) is -5.63. The number of aliphatic hydroxyl groups excluding tert-OH is 2. The summed E-state index contributed by atoms with van der Waals surface area (Å²) < 4.78 is 32.7. The van der Waals surface area contributed by atoms with Crippen LogP contribution in [0.4, 0.5) is 0 Å². The molecule has 1 aliphatic rings. The van der Waals surface area contributed by atoms with Crippen LogP contribution in [-0.2, 0) is 18.4 Å². The quantitative estimate of drug-likeness (QED) is 0.118. The van der Waals surface area contributed by atoms with Crippen molar-refractivity contribution >= 4 is 23.5 Å². The van der Waals surface area contributed by atoms with E-state index in [1.165, 1.54) is 0 Å². The van der Waals surface area contributed by atoms with E-state index in [2.05, 4.69) is 0 Å². The molecule has 2 heterocycles. The Bertz CT molecular complexity index is 1000. The van der Waals surface area contributed by atoms with Crippen LogP contribution in [0, 0.1) is 12.3 Å². The maximum atomic E-state index is 11.6. The van der Waals surface area contributed by atoms with Gasteiger partial charge >= 0.3 is 29.2 Å². The van der Waals surface area contributed by atoms with Gasteiger partial charge in [-0.1, -0.05) is 5.92 Å². The van der Waals surface area contributed by atoms with Gasteiger partial charge in [-0.25, -0.2) is 18.5 Å². The third kappa shape index (κ3) is 16.1. The van der Waals surface area contributed by atoms with Crippen LogP contribution in [0.5, 0.6) is 0 Å². The number of aromatic amines is 1. The molecule has 13 N–H and O–H groups in total. The SMILES string of the molecule is C#C[C@@]1(O)[C@H](O)[C@@H](CO)O[C@H]1n1ccc(=O)[nH]c1=O.O=P(O)(O)O.O=P(O)(O)O.O=P(O)(O)O. The Kier molecular flexibility index (Phi) is 13.7. The predicted molar refractivity (Wildman–Crippen MR) is 105 cm³/mol. The standard InChI is InChI=1S/C11H12N2O6.3H3O4P/c1-2-11(18)8(16)6(5-14)19-9(11)13-4-3-7(15)12-10(13)17;3*1-5(2,3)4/h1,3-4,6,8-9,14,16,18H,5H2,(H,12,15,17);3*(H3,1,2,3,4)/t6-,8-,9-,11-;;;/m1.../s1. The summed E-state index contributed by atoms with van der Waals surface area (Å²) in [4.78, 5) is 89.3. The normalized spacial score (nSPS) is 24.3. The van der Waals surface area contributed by atoms with E-state index in [9.17, 15) is 19.8 Å². The third-order valence-electron chi connectivity index (χ3n) is 3.00. The molecule has 0 spiro atoms. The molecule has 1 saturated heterocycles. The summed E-state index contributed by atoms with van der Waals surface area (Å²) in [6.07, 6.45) is 2.15. The molecule has 0 aromatic carbocycles. The first-order valence-corrected chi connectivity index (χ1v) is 12.4. The van der Waals surface area contributed by atoms with Crippen molar-refractivity contribution < 1.29 is 77.8 Å². The second-order valence-electron chi connectivity index (χ2n) is 5.68. The number of phosphoric acid groups is 3. The summed E-state index contributed by atoms with van der Waals surface area (Å²) in [5.74, 6) is 1.96. The van der Waals surface area contributed by atoms with Crippen LogP contribution in [0.1, 0.15) is 6.23 Å². The molecule has 1 fully saturated rings. The van der Waals surface area contributed by atoms with Crippen LogP contribution in [-0.4, -0.2) is 93.3 Å². The molecule has 0 bridgehead atoms. The average molecular weight is 562 g/mol. The highest BCUT2D eigenvalue weighted by Crippen LogP contribution is 2.37. The van der Waals surface area contributed by atoms with Gasteiger partial charge in [-0.15, -0.1) is 6.42 Å². The summed E-state index contributed by atoms with van der Waals surface area (Å²) in [6.45, 7) is -0.584. The van der Waals surface area contributed by atoms with Crippen molar-refractivity contribution in [1.82, 2.24) is 9.55 Å². The maximum absolute atomic E-state index is 11.6. The van der Waals surface area contributed by atoms with Gasteiger partial charge in [0.25, 0.3) is 5.56 Å². The monoisotopic (exact) mass is 562 g/mol. The molecule has 1 aliphatic heterocycles. The molecule has 4 atom stereocenters. The lowest BCUT2D eigenvalue weighted by atomic mass is 9.95. The van der Waals surface area contributed by atoms with Crippen LogP contribution in [0.25, 0.3) is 0 Å². The number of hydrogen-bond donors (Lipinski definition) is 13. The fraction of sp³-hybridized carbons (Fsp3) is 0.455. The van der Waals surface area contributed by atoms with E-state index in [1.807, 2.05) is 10.9 Å². The van der Waals surface area contributed by atoms with E-state index in [-0.39, 0.29) is 0 Å². The summed E-state index contributed by atoms with van der Waals surface area (Å²) in [5, 5.41) is 29.1. The molecule has 198 valence electrons. The fourth-order valence-corrected chi connectivity index (χ4v) is 1.96. The van der Waals surface area contributed by atoms with Gasteiger partial charge in [0.1, 0.15) is 12.2 Å². The van der Waals surface area contributed by atoms with Crippen molar-refractivity contribution in [2.45, 2.75) is 24.0 Å². The number of terminal acetylenes is 1. The zero-order chi connectivity index (χ0) is 27.7. The van der Waals surface area contributed by atoms with E-state index in [1.54, 1.807) is 0 Å². The van der Waals surface area contributed by atoms with Crippen LogP contribution in [0.15, 0.2) is 21.9 Å². The van der Waals surface area contributed by atoms with Crippen molar-refractivity contribution in [2.24, 2.45) is 0 Å². The number of H-pyrrole nitrogens is 1. The van der Waals surface area contributed by atoms with Gasteiger partial charge in [-0.05, 0) is 0 Å². The van der Waals surface area contributed by atoms with Crippen molar-refractivity contribution in [2.75, 3.05) is 6.61 Å². The first kappa shape index (κ1) is 34.6. The smallest absolute Gasteiger partial charge is 0.394 e. The minimum absolute atomic E-state index is 0.584. The molecule has 2 rings (SSSR count). The molecular weight excluding hydrogens is 541 g/mol. The lowest BCUT2D eigenvalue weighted by Gasteiger charge is -2.26. The van der Waals surface area contributed by atoms with Gasteiger partial charge in [0, 0.05) is 12.3 Å². The molecule has 0 aliphatic carbocycles. The second kappa shape index (κ2) is 13.5. The molecule has 20 nitrogen and oxygen atoms in total. The third-order valence-corrected chi connectivity index (χ3v) is 3.00. The summed E-state index contributed by atoms with van der Waals surface area (Å²) >= 11 is 0. The Labute approximate surface area is 187 Å². The van der Waals surface area contributed by atoms with Gasteiger partial charge < -0.3 is 64.1 Å². The number of nitrogens with one attached hydrogen (secondary N) is 1. The lowest BCUT2D eigenvalue weighted by Crippen LogP contribution is -2.48. The highest BCUT2D eigenvalue weighted by atomic mass is 31.2. The number of hydrogen-bond acceptors (Lipinski definition) is 9. The molecule has 0 amide bonds. The Morgan fingerprint density at radius 1 is 1.00 bits per heavy atom. The van der Waals surface area contributed by atoms with E-state index in [4.69, 9.17) is 74.0 Å². The number of rotatable bonds is 2. The van der Waals surface area contributed by atoms with Crippen LogP contribution in [0.3, 0.4) is 0 Å². The molecule has 1 aromatic rings. The first-order valence-electron chi connectivity index (χ1n) is 7.75. The van der Waals surface area contributed by atoms with E-state index >= 15 is 0 Å². The Morgan fingerprint density at radius 3 is 1.68 bits per heavy atom. The van der Waals surface area contributed by atoms with Crippen molar-refractivity contribution in [3.8, 4) is 12.3 Å². The summed E-state index contributed by atoms with van der Waals surface area (Å²) in [6, 6.07) is 1.04. The first-order chi connectivity index (χ1) is 14.9. The Hall–Kier alpha value is -1.59. The summed E-state index contributed by atoms with van der Waals surface area (Å²) in [7, 11) is -13.9. The zero-order valence-electron chi connectivity index (χ0n) is 16.3. The summed E-state index contributed by atoms with van der Waals surface area (Å²) in [5.41, 5.74) is -3.66. The van der Waals surface area contributed by atoms with Crippen LogP contribution in [0.2, 0.25) is 0 Å². The number of nitrogens with zero attached hydrogens (tertiary/aromatic N) is 1. The van der Waals surface area contributed by atoms with Gasteiger partial charge in [0.2, 0.25) is 0 Å². The van der Waals surface area contributed by atoms with Gasteiger partial charge in [-0.2, -0.15) is 0 Å². The highest BCUT2D eigenvalue weighted by molar-refractivity contribution is 7.45. The number of aromatic nitrogens is 2. The van der Waals surface area contributed by atoms with Gasteiger partial charge in [0.15, 0.2) is 11.8 Å². The Morgan fingerprint density at radius 2 is 1.38 bits per heavy atom. The number of ether oxygens (including phenoxy) is 1. The maximum Gasteiger partial charge on any atom is 0.466 e. The van der Waals surface area contributed by atoms with Crippen LogP contribution < -0.4 is 11.2 Å². The van der Waals surface area contributed by atoms with E-state index < -0.39 is 65.4 Å². The molecule has 0 saturated carbocycles. The molecule has 23 heteroatoms. The molecule has 1 aromatic heterocycles. The van der Waals surface area contributed by atoms with Gasteiger partial charge in [0.05, 0.1) is 6.61 Å². The molecule has 0 radical (unpaired) electrons. The van der Waals surface area contributed by atoms with Crippen molar-refractivity contribution in [3.05, 3.63) is 33.1 Å². The van der Waals surface area contributed by atoms with Crippen molar-refractivity contribution in [3.63, 3.8) is 0 Å². The topological polar surface area (TPSA) is 358 Å². The average Bonchev–Trinajstić information content (AvgIpc) is 2.82. The molecular formula is C11H21N2O18P3. The minimum Gasteiger partial charge on any atom is -0.394 e. The lowest BCUT2D eigenvalue weighted by molar-refractivity contribution is -0.0764. The minimum atomic E-state index is -4.64. The second-order valence-corrected chi connectivity index (χ2v) is 8.76. The van der Waals surface area contributed by atoms with E-state index in [0.29, 0.717) is 0 Å². The molecule has 0 unspecified atom stereocenters. The highest BCUT2D eigenvalue weighted by Gasteiger charge is 2.55. The van der Waals surface area contributed by atoms with Gasteiger partial charge in [-0.3, -0.25) is 14.3 Å². The zero-order valence-corrected chi connectivity index (χ0v) is 19.0. The number of aliphatic hydroxyl groups is 3. The fourth-order valence-electron chi connectivity index (χ4n) is 1.96. The Balaban J connectivity index is 0. The molecule has 34 heavy (non-hydrogen) atoms.